The normalized spacial score (nSPS) is 29.3. The molecular formula is C53H99NO7P+. The summed E-state index contributed by atoms with van der Waals surface area (Å²) in [4.78, 5) is 23.6. The summed E-state index contributed by atoms with van der Waals surface area (Å²) in [6.07, 6.45) is 35.1. The summed E-state index contributed by atoms with van der Waals surface area (Å²) in [5.41, 5.74) is 2.27. The van der Waals surface area contributed by atoms with Gasteiger partial charge in [-0.1, -0.05) is 162 Å². The monoisotopic (exact) mass is 893 g/mol. The van der Waals surface area contributed by atoms with Gasteiger partial charge < -0.3 is 18.9 Å². The van der Waals surface area contributed by atoms with Crippen LogP contribution in [0.25, 0.3) is 0 Å². The van der Waals surface area contributed by atoms with Crippen LogP contribution in [0, 0.1) is 46.3 Å². The second-order valence-electron chi connectivity index (χ2n) is 22.9. The van der Waals surface area contributed by atoms with Crippen molar-refractivity contribution >= 4 is 13.8 Å². The topological polar surface area (TPSA) is 91.3 Å². The number of esters is 1. The Morgan fingerprint density at radius 2 is 1.42 bits per heavy atom. The van der Waals surface area contributed by atoms with E-state index >= 15 is 0 Å². The highest BCUT2D eigenvalue weighted by molar-refractivity contribution is 7.47. The fourth-order valence-electron chi connectivity index (χ4n) is 12.7. The summed E-state index contributed by atoms with van der Waals surface area (Å²) in [5.74, 6) is 4.57. The van der Waals surface area contributed by atoms with Crippen LogP contribution in [0.4, 0.5) is 0 Å². The number of unbranched alkanes of at least 4 members (excludes halogenated alkanes) is 14. The minimum absolute atomic E-state index is 0.0285. The zero-order valence-corrected chi connectivity index (χ0v) is 42.8. The lowest BCUT2D eigenvalue weighted by Gasteiger charge is -2.58. The molecule has 10 atom stereocenters. The molecule has 62 heavy (non-hydrogen) atoms. The lowest BCUT2D eigenvalue weighted by Crippen LogP contribution is -2.51. The summed E-state index contributed by atoms with van der Waals surface area (Å²) in [6.45, 7) is 15.4. The number of carbonyl (C=O) groups is 1. The van der Waals surface area contributed by atoms with Gasteiger partial charge in [0.2, 0.25) is 0 Å². The summed E-state index contributed by atoms with van der Waals surface area (Å²) < 4.78 is 36.7. The minimum atomic E-state index is -4.33. The van der Waals surface area contributed by atoms with Crippen LogP contribution in [-0.2, 0) is 27.9 Å². The fraction of sp³-hybridized carbons (Fsp3) is 0.943. The Balaban J connectivity index is 1.23. The quantitative estimate of drug-likeness (QED) is 0.0236. The maximum atomic E-state index is 13.1. The van der Waals surface area contributed by atoms with Crippen molar-refractivity contribution in [3.8, 4) is 0 Å². The number of hydrogen-bond donors (Lipinski definition) is 1. The van der Waals surface area contributed by atoms with Crippen molar-refractivity contribution in [2.75, 3.05) is 47.5 Å². The third-order valence-corrected chi connectivity index (χ3v) is 17.5. The van der Waals surface area contributed by atoms with Gasteiger partial charge in [0.05, 0.1) is 40.5 Å². The second kappa shape index (κ2) is 26.5. The molecule has 0 saturated heterocycles. The molecular weight excluding hydrogens is 794 g/mol. The maximum Gasteiger partial charge on any atom is 0.472 e. The number of likely N-dealkylation sites (N-methyl/N-ethyl adjacent to an activating group) is 1. The fourth-order valence-corrected chi connectivity index (χ4v) is 13.4. The van der Waals surface area contributed by atoms with Crippen molar-refractivity contribution in [2.45, 2.75) is 227 Å². The second-order valence-corrected chi connectivity index (χ2v) is 24.4. The Morgan fingerprint density at radius 3 is 2.03 bits per heavy atom. The molecule has 0 radical (unpaired) electrons. The molecule has 3 saturated carbocycles. The van der Waals surface area contributed by atoms with Gasteiger partial charge >= 0.3 is 13.8 Å². The minimum Gasteiger partial charge on any atom is -0.457 e. The van der Waals surface area contributed by atoms with E-state index in [0.29, 0.717) is 22.9 Å². The standard InChI is InChI=1S/C53H98NO7P/c1-10-11-12-13-14-15-16-17-18-19-20-21-22-23-24-28-51(55)61-46(41-60-62(56,57)59-38-37-54(7,8)9)40-58-45-33-35-52(5)44(39-45)29-30-47-49-32-31-48(43(4)27-25-26-42(2)3)53(49,6)36-34-50(47)52/h29,42-43,45-50H,10-28,30-41H2,1-9H3/p+1/t43-,45?,46?,47?,48-,49?,50?,52+,53-/m1/s1. The first-order valence-electron chi connectivity index (χ1n) is 26.4. The Hall–Kier alpha value is -0.760. The number of allylic oxidation sites excluding steroid dienone is 1. The molecule has 0 amide bonds. The van der Waals surface area contributed by atoms with Gasteiger partial charge in [0.1, 0.15) is 19.3 Å². The van der Waals surface area contributed by atoms with Gasteiger partial charge in [-0.15, -0.1) is 0 Å². The average Bonchev–Trinajstić information content (AvgIpc) is 3.57. The predicted molar refractivity (Wildman–Crippen MR) is 257 cm³/mol. The number of fused-ring (bicyclic) bond motifs is 5. The third-order valence-electron chi connectivity index (χ3n) is 16.5. The number of carbonyl (C=O) groups excluding carboxylic acids is 1. The molecule has 9 heteroatoms. The summed E-state index contributed by atoms with van der Waals surface area (Å²) >= 11 is 0. The number of quaternary nitrogens is 1. The molecule has 0 aromatic rings. The van der Waals surface area contributed by atoms with Gasteiger partial charge in [-0.25, -0.2) is 4.57 Å². The Morgan fingerprint density at radius 1 is 0.790 bits per heavy atom. The van der Waals surface area contributed by atoms with Gasteiger partial charge in [0.25, 0.3) is 0 Å². The highest BCUT2D eigenvalue weighted by atomic mass is 31.2. The molecule has 0 aliphatic heterocycles. The molecule has 0 aromatic heterocycles. The number of ether oxygens (including phenoxy) is 2. The van der Waals surface area contributed by atoms with Crippen molar-refractivity contribution < 1.29 is 37.3 Å². The summed E-state index contributed by atoms with van der Waals surface area (Å²) in [5, 5.41) is 0. The molecule has 0 aromatic carbocycles. The van der Waals surface area contributed by atoms with Crippen LogP contribution in [0.2, 0.25) is 0 Å². The van der Waals surface area contributed by atoms with Crippen molar-refractivity contribution in [1.82, 2.24) is 0 Å². The van der Waals surface area contributed by atoms with E-state index in [4.69, 9.17) is 18.5 Å². The van der Waals surface area contributed by atoms with Crippen LogP contribution in [0.15, 0.2) is 11.6 Å². The van der Waals surface area contributed by atoms with E-state index in [1.165, 1.54) is 128 Å². The number of rotatable bonds is 32. The first-order chi connectivity index (χ1) is 29.5. The highest BCUT2D eigenvalue weighted by Crippen LogP contribution is 2.67. The van der Waals surface area contributed by atoms with Crippen molar-refractivity contribution in [3.63, 3.8) is 0 Å². The van der Waals surface area contributed by atoms with Gasteiger partial charge in [-0.2, -0.15) is 0 Å². The smallest absolute Gasteiger partial charge is 0.457 e. The van der Waals surface area contributed by atoms with Gasteiger partial charge in [0.15, 0.2) is 0 Å². The Kier molecular flexibility index (Phi) is 23.1. The maximum absolute atomic E-state index is 13.1. The molecule has 3 fully saturated rings. The zero-order chi connectivity index (χ0) is 45.2. The van der Waals surface area contributed by atoms with Crippen molar-refractivity contribution in [1.29, 1.82) is 0 Å². The number of nitrogens with zero attached hydrogens (tertiary/aromatic N) is 1. The molecule has 4 rings (SSSR count). The van der Waals surface area contributed by atoms with Gasteiger partial charge in [-0.05, 0) is 104 Å². The average molecular weight is 893 g/mol. The Labute approximate surface area is 382 Å². The van der Waals surface area contributed by atoms with E-state index in [9.17, 15) is 14.3 Å². The van der Waals surface area contributed by atoms with Crippen LogP contribution in [0.5, 0.6) is 0 Å². The molecule has 8 nitrogen and oxygen atoms in total. The molecule has 362 valence electrons. The van der Waals surface area contributed by atoms with E-state index in [2.05, 4.69) is 47.6 Å². The van der Waals surface area contributed by atoms with E-state index in [0.717, 1.165) is 74.0 Å². The van der Waals surface area contributed by atoms with E-state index in [1.807, 2.05) is 21.1 Å². The molecule has 0 heterocycles. The van der Waals surface area contributed by atoms with Gasteiger partial charge in [-0.3, -0.25) is 13.8 Å². The largest absolute Gasteiger partial charge is 0.472 e. The molecule has 1 N–H and O–H groups in total. The zero-order valence-electron chi connectivity index (χ0n) is 41.9. The van der Waals surface area contributed by atoms with Crippen molar-refractivity contribution in [3.05, 3.63) is 11.6 Å². The first kappa shape index (κ1) is 53.9. The molecule has 0 spiro atoms. The van der Waals surface area contributed by atoms with Crippen LogP contribution >= 0.6 is 7.82 Å². The molecule has 4 aliphatic rings. The van der Waals surface area contributed by atoms with Crippen LogP contribution in [-0.4, -0.2) is 75.1 Å². The number of hydrogen-bond acceptors (Lipinski definition) is 6. The summed E-state index contributed by atoms with van der Waals surface area (Å²) in [6, 6.07) is 0. The van der Waals surface area contributed by atoms with E-state index in [1.54, 1.807) is 5.57 Å². The number of phosphoric acid groups is 1. The molecule has 4 aliphatic carbocycles. The third kappa shape index (κ3) is 17.5. The molecule has 6 unspecified atom stereocenters. The van der Waals surface area contributed by atoms with Crippen LogP contribution in [0.3, 0.4) is 0 Å². The van der Waals surface area contributed by atoms with E-state index < -0.39 is 13.9 Å². The lowest BCUT2D eigenvalue weighted by atomic mass is 9.47. The summed E-state index contributed by atoms with van der Waals surface area (Å²) in [7, 11) is 1.67. The van der Waals surface area contributed by atoms with Crippen molar-refractivity contribution in [2.24, 2.45) is 46.3 Å². The first-order valence-corrected chi connectivity index (χ1v) is 27.9. The lowest BCUT2D eigenvalue weighted by molar-refractivity contribution is -0.870. The predicted octanol–water partition coefficient (Wildman–Crippen LogP) is 14.4. The molecule has 0 bridgehead atoms. The van der Waals surface area contributed by atoms with Gasteiger partial charge in [0, 0.05) is 6.42 Å². The highest BCUT2D eigenvalue weighted by Gasteiger charge is 2.59. The van der Waals surface area contributed by atoms with Crippen LogP contribution in [0.1, 0.15) is 215 Å². The Bertz CT molecular complexity index is 1360. The van der Waals surface area contributed by atoms with E-state index in [-0.39, 0.29) is 37.3 Å². The number of phosphoric ester groups is 1. The van der Waals surface area contributed by atoms with Crippen LogP contribution < -0.4 is 0 Å². The SMILES string of the molecule is CCCCCCCCCCCCCCCCCC(=O)OC(COC1CC[C@@]2(C)C(=CCC3C2CC[C@@]2(C)C3CC[C@@H]2[C@H](C)CCCC(C)C)C1)COP(=O)(O)OCC[N+](C)(C)C.